The van der Waals surface area contributed by atoms with Crippen LogP contribution in [0.5, 0.6) is 0 Å². The van der Waals surface area contributed by atoms with Crippen molar-refractivity contribution < 1.29 is 13.6 Å². The van der Waals surface area contributed by atoms with Crippen LogP contribution in [0.15, 0.2) is 12.1 Å². The maximum Gasteiger partial charge on any atom is 0.251 e. The van der Waals surface area contributed by atoms with E-state index in [1.165, 1.54) is 0 Å². The fourth-order valence-electron chi connectivity index (χ4n) is 2.56. The van der Waals surface area contributed by atoms with Gasteiger partial charge in [-0.1, -0.05) is 0 Å². The third kappa shape index (κ3) is 2.86. The molecule has 7 heteroatoms. The van der Waals surface area contributed by atoms with Gasteiger partial charge in [0.25, 0.3) is 5.91 Å². The SMILES string of the molecule is Cc1nnc(C)c(-c2cc(F)c(F)cc2NC2CC2)c1C(N)=O. The molecule has 23 heavy (non-hydrogen) atoms. The molecule has 5 nitrogen and oxygen atoms in total. The summed E-state index contributed by atoms with van der Waals surface area (Å²) in [4.78, 5) is 11.8. The van der Waals surface area contributed by atoms with Gasteiger partial charge in [0.2, 0.25) is 0 Å². The number of hydrogen-bond acceptors (Lipinski definition) is 4. The highest BCUT2D eigenvalue weighted by Crippen LogP contribution is 2.37. The predicted octanol–water partition coefficient (Wildman–Crippen LogP) is 2.71. The molecular weight excluding hydrogens is 302 g/mol. The smallest absolute Gasteiger partial charge is 0.251 e. The van der Waals surface area contributed by atoms with Crippen LogP contribution in [0.2, 0.25) is 0 Å². The lowest BCUT2D eigenvalue weighted by Crippen LogP contribution is -2.17. The Bertz CT molecular complexity index is 803. The lowest BCUT2D eigenvalue weighted by Gasteiger charge is -2.17. The highest BCUT2D eigenvalue weighted by molar-refractivity contribution is 6.02. The number of anilines is 1. The minimum Gasteiger partial charge on any atom is -0.382 e. The van der Waals surface area contributed by atoms with Gasteiger partial charge in [0.1, 0.15) is 0 Å². The molecule has 0 spiro atoms. The second kappa shape index (κ2) is 5.57. The zero-order valence-electron chi connectivity index (χ0n) is 12.8. The quantitative estimate of drug-likeness (QED) is 0.908. The van der Waals surface area contributed by atoms with E-state index >= 15 is 0 Å². The lowest BCUT2D eigenvalue weighted by molar-refractivity contribution is 0.0999. The van der Waals surface area contributed by atoms with Crippen LogP contribution in [0.3, 0.4) is 0 Å². The van der Waals surface area contributed by atoms with Gasteiger partial charge >= 0.3 is 0 Å². The number of benzene rings is 1. The van der Waals surface area contributed by atoms with Gasteiger partial charge in [-0.15, -0.1) is 0 Å². The number of nitrogens with one attached hydrogen (secondary N) is 1. The summed E-state index contributed by atoms with van der Waals surface area (Å²) in [6.07, 6.45) is 1.93. The van der Waals surface area contributed by atoms with Gasteiger partial charge in [-0.05, 0) is 32.8 Å². The van der Waals surface area contributed by atoms with Crippen LogP contribution in [0, 0.1) is 25.5 Å². The highest BCUT2D eigenvalue weighted by Gasteiger charge is 2.26. The molecule has 1 aromatic carbocycles. The number of halogens is 2. The van der Waals surface area contributed by atoms with E-state index in [-0.39, 0.29) is 11.6 Å². The Morgan fingerprint density at radius 3 is 2.39 bits per heavy atom. The summed E-state index contributed by atoms with van der Waals surface area (Å²) in [5, 5.41) is 11.0. The molecular formula is C16H16F2N4O. The Morgan fingerprint density at radius 2 is 1.78 bits per heavy atom. The van der Waals surface area contributed by atoms with Crippen molar-refractivity contribution >= 4 is 11.6 Å². The fraction of sp³-hybridized carbons (Fsp3) is 0.312. The van der Waals surface area contributed by atoms with Crippen LogP contribution in [-0.4, -0.2) is 22.1 Å². The van der Waals surface area contributed by atoms with Crippen LogP contribution < -0.4 is 11.1 Å². The zero-order valence-corrected chi connectivity index (χ0v) is 12.8. The van der Waals surface area contributed by atoms with Crippen LogP contribution in [0.25, 0.3) is 11.1 Å². The first-order valence-corrected chi connectivity index (χ1v) is 7.28. The summed E-state index contributed by atoms with van der Waals surface area (Å²) >= 11 is 0. The summed E-state index contributed by atoms with van der Waals surface area (Å²) < 4.78 is 27.5. The molecule has 1 aromatic heterocycles. The van der Waals surface area contributed by atoms with E-state index in [0.29, 0.717) is 28.2 Å². The van der Waals surface area contributed by atoms with Crippen molar-refractivity contribution in [1.82, 2.24) is 10.2 Å². The summed E-state index contributed by atoms with van der Waals surface area (Å²) in [5.41, 5.74) is 7.56. The fourth-order valence-corrected chi connectivity index (χ4v) is 2.56. The predicted molar refractivity (Wildman–Crippen MR) is 82.0 cm³/mol. The van der Waals surface area contributed by atoms with Gasteiger partial charge < -0.3 is 11.1 Å². The molecule has 0 bridgehead atoms. The largest absolute Gasteiger partial charge is 0.382 e. The van der Waals surface area contributed by atoms with Crippen molar-refractivity contribution in [3.63, 3.8) is 0 Å². The molecule has 3 N–H and O–H groups in total. The van der Waals surface area contributed by atoms with Crippen molar-refractivity contribution in [3.8, 4) is 11.1 Å². The van der Waals surface area contributed by atoms with Crippen LogP contribution in [0.1, 0.15) is 34.6 Å². The Kier molecular flexibility index (Phi) is 3.71. The number of rotatable bonds is 4. The average molecular weight is 318 g/mol. The molecule has 120 valence electrons. The minimum absolute atomic E-state index is 0.169. The van der Waals surface area contributed by atoms with E-state index < -0.39 is 17.5 Å². The Labute approximate surface area is 131 Å². The van der Waals surface area contributed by atoms with Gasteiger partial charge in [0.05, 0.1) is 17.0 Å². The molecule has 0 radical (unpaired) electrons. The number of aromatic nitrogens is 2. The molecule has 3 rings (SSSR count). The number of nitrogens with zero attached hydrogens (tertiary/aromatic N) is 2. The van der Waals surface area contributed by atoms with Gasteiger partial charge in [0.15, 0.2) is 11.6 Å². The second-order valence-corrected chi connectivity index (χ2v) is 5.72. The zero-order chi connectivity index (χ0) is 16.7. The van der Waals surface area contributed by atoms with Crippen molar-refractivity contribution in [2.24, 2.45) is 5.73 Å². The van der Waals surface area contributed by atoms with Crippen LogP contribution in [-0.2, 0) is 0 Å². The van der Waals surface area contributed by atoms with E-state index in [0.717, 1.165) is 25.0 Å². The summed E-state index contributed by atoms with van der Waals surface area (Å²) in [6.45, 7) is 3.25. The van der Waals surface area contributed by atoms with Crippen molar-refractivity contribution in [2.45, 2.75) is 32.7 Å². The third-order valence-electron chi connectivity index (χ3n) is 3.84. The molecule has 2 aromatic rings. The lowest BCUT2D eigenvalue weighted by atomic mass is 9.95. The molecule has 0 saturated heterocycles. The van der Waals surface area contributed by atoms with Gasteiger partial charge in [-0.25, -0.2) is 8.78 Å². The number of carbonyl (C=O) groups excluding carboxylic acids is 1. The van der Waals surface area contributed by atoms with Crippen molar-refractivity contribution in [2.75, 3.05) is 5.32 Å². The van der Waals surface area contributed by atoms with Gasteiger partial charge in [0, 0.05) is 28.9 Å². The first kappa shape index (κ1) is 15.3. The molecule has 1 fully saturated rings. The Balaban J connectivity index is 2.27. The maximum absolute atomic E-state index is 13.8. The van der Waals surface area contributed by atoms with E-state index in [2.05, 4.69) is 15.5 Å². The Hall–Kier alpha value is -2.57. The maximum atomic E-state index is 13.8. The first-order chi connectivity index (χ1) is 10.9. The van der Waals surface area contributed by atoms with Crippen molar-refractivity contribution in [3.05, 3.63) is 40.7 Å². The van der Waals surface area contributed by atoms with E-state index in [1.54, 1.807) is 13.8 Å². The molecule has 1 saturated carbocycles. The molecule has 0 unspecified atom stereocenters. The number of nitrogens with two attached hydrogens (primary N) is 1. The highest BCUT2D eigenvalue weighted by atomic mass is 19.2. The number of hydrogen-bond donors (Lipinski definition) is 2. The molecule has 1 amide bonds. The molecule has 1 heterocycles. The normalized spacial score (nSPS) is 13.9. The Morgan fingerprint density at radius 1 is 1.17 bits per heavy atom. The average Bonchev–Trinajstić information content (AvgIpc) is 3.28. The van der Waals surface area contributed by atoms with Crippen molar-refractivity contribution in [1.29, 1.82) is 0 Å². The summed E-state index contributed by atoms with van der Waals surface area (Å²) in [6, 6.07) is 2.39. The van der Waals surface area contributed by atoms with E-state index in [4.69, 9.17) is 5.73 Å². The monoisotopic (exact) mass is 318 g/mol. The summed E-state index contributed by atoms with van der Waals surface area (Å²) in [7, 11) is 0. The van der Waals surface area contributed by atoms with Crippen LogP contribution >= 0.6 is 0 Å². The molecule has 0 atom stereocenters. The number of carbonyl (C=O) groups is 1. The minimum atomic E-state index is -0.995. The van der Waals surface area contributed by atoms with Crippen LogP contribution in [0.4, 0.5) is 14.5 Å². The first-order valence-electron chi connectivity index (χ1n) is 7.28. The third-order valence-corrected chi connectivity index (χ3v) is 3.84. The summed E-state index contributed by atoms with van der Waals surface area (Å²) in [5.74, 6) is -2.63. The molecule has 1 aliphatic carbocycles. The van der Waals surface area contributed by atoms with Gasteiger partial charge in [-0.2, -0.15) is 10.2 Å². The molecule has 0 aliphatic heterocycles. The number of amides is 1. The second-order valence-electron chi connectivity index (χ2n) is 5.72. The molecule has 1 aliphatic rings. The van der Waals surface area contributed by atoms with E-state index in [1.807, 2.05) is 0 Å². The number of aryl methyl sites for hydroxylation is 2. The topological polar surface area (TPSA) is 80.9 Å². The standard InChI is InChI=1S/C16H16F2N4O/c1-7-14(15(16(19)23)8(2)22-21-7)10-5-11(17)12(18)6-13(10)20-9-3-4-9/h5-6,9,20H,3-4H2,1-2H3,(H2,19,23). The van der Waals surface area contributed by atoms with Gasteiger partial charge in [-0.3, -0.25) is 4.79 Å². The van der Waals surface area contributed by atoms with E-state index in [9.17, 15) is 13.6 Å². The number of primary amides is 1.